The van der Waals surface area contributed by atoms with Crippen LogP contribution in [0.3, 0.4) is 0 Å². The Bertz CT molecular complexity index is 859. The molecule has 1 aromatic carbocycles. The lowest BCUT2D eigenvalue weighted by Crippen LogP contribution is -2.25. The molecule has 8 heteroatoms. The first-order valence-corrected chi connectivity index (χ1v) is 10.8. The molecule has 1 saturated carbocycles. The SMILES string of the molecule is CNC(=O)Nc1cc(NC(=O)OC(C)C)ccc1-c1cnc(C2CCCCC2)s1. The van der Waals surface area contributed by atoms with Gasteiger partial charge in [-0.05, 0) is 44.9 Å². The Kier molecular flexibility index (Phi) is 7.09. The molecule has 0 aliphatic heterocycles. The first kappa shape index (κ1) is 21.1. The van der Waals surface area contributed by atoms with E-state index in [1.165, 1.54) is 32.1 Å². The Morgan fingerprint density at radius 1 is 1.17 bits per heavy atom. The predicted octanol–water partition coefficient (Wildman–Crippen LogP) is 5.57. The zero-order valence-electron chi connectivity index (χ0n) is 17.1. The minimum Gasteiger partial charge on any atom is -0.447 e. The van der Waals surface area contributed by atoms with Gasteiger partial charge in [0.15, 0.2) is 0 Å². The fraction of sp³-hybridized carbons (Fsp3) is 0.476. The van der Waals surface area contributed by atoms with Crippen molar-refractivity contribution in [2.75, 3.05) is 17.7 Å². The summed E-state index contributed by atoms with van der Waals surface area (Å²) < 4.78 is 5.12. The molecule has 1 aliphatic rings. The van der Waals surface area contributed by atoms with Crippen LogP contribution in [0.25, 0.3) is 10.4 Å². The van der Waals surface area contributed by atoms with Gasteiger partial charge in [0.05, 0.1) is 21.7 Å². The number of nitrogens with one attached hydrogen (secondary N) is 3. The van der Waals surface area contributed by atoms with Gasteiger partial charge >= 0.3 is 12.1 Å². The molecule has 7 nitrogen and oxygen atoms in total. The van der Waals surface area contributed by atoms with E-state index in [1.54, 1.807) is 44.4 Å². The van der Waals surface area contributed by atoms with Crippen LogP contribution in [0.4, 0.5) is 21.0 Å². The van der Waals surface area contributed by atoms with Crippen LogP contribution < -0.4 is 16.0 Å². The highest BCUT2D eigenvalue weighted by Crippen LogP contribution is 2.40. The lowest BCUT2D eigenvalue weighted by Gasteiger charge is -2.18. The Labute approximate surface area is 175 Å². The Hall–Kier alpha value is -2.61. The van der Waals surface area contributed by atoms with E-state index in [1.807, 2.05) is 12.3 Å². The molecule has 3 rings (SSSR count). The number of rotatable bonds is 5. The number of hydrogen-bond donors (Lipinski definition) is 3. The quantitative estimate of drug-likeness (QED) is 0.594. The summed E-state index contributed by atoms with van der Waals surface area (Å²) in [5.41, 5.74) is 2.02. The smallest absolute Gasteiger partial charge is 0.411 e. The van der Waals surface area contributed by atoms with Crippen LogP contribution in [-0.2, 0) is 4.74 Å². The van der Waals surface area contributed by atoms with Crippen molar-refractivity contribution in [3.63, 3.8) is 0 Å². The number of benzene rings is 1. The normalized spacial score (nSPS) is 14.5. The molecular weight excluding hydrogens is 388 g/mol. The number of amides is 3. The zero-order valence-corrected chi connectivity index (χ0v) is 17.9. The van der Waals surface area contributed by atoms with Crippen LogP contribution in [0.1, 0.15) is 56.9 Å². The topological polar surface area (TPSA) is 92.4 Å². The highest BCUT2D eigenvalue weighted by molar-refractivity contribution is 7.15. The summed E-state index contributed by atoms with van der Waals surface area (Å²) in [7, 11) is 1.56. The highest BCUT2D eigenvalue weighted by atomic mass is 32.1. The number of hydrogen-bond acceptors (Lipinski definition) is 5. The molecule has 3 N–H and O–H groups in total. The second kappa shape index (κ2) is 9.73. The van der Waals surface area contributed by atoms with Gasteiger partial charge in [0, 0.05) is 30.4 Å². The van der Waals surface area contributed by atoms with E-state index < -0.39 is 6.09 Å². The third-order valence-corrected chi connectivity index (χ3v) is 6.02. The minimum absolute atomic E-state index is 0.215. The average molecular weight is 417 g/mol. The van der Waals surface area contributed by atoms with Crippen LogP contribution in [0.5, 0.6) is 0 Å². The second-order valence-corrected chi connectivity index (χ2v) is 8.50. The van der Waals surface area contributed by atoms with Crippen molar-refractivity contribution >= 4 is 34.8 Å². The van der Waals surface area contributed by atoms with Gasteiger partial charge in [-0.2, -0.15) is 0 Å². The average Bonchev–Trinajstić information content (AvgIpc) is 3.18. The summed E-state index contributed by atoms with van der Waals surface area (Å²) >= 11 is 1.67. The van der Waals surface area contributed by atoms with Gasteiger partial charge in [0.2, 0.25) is 0 Å². The van der Waals surface area contributed by atoms with E-state index in [0.717, 1.165) is 15.4 Å². The Morgan fingerprint density at radius 3 is 2.62 bits per heavy atom. The van der Waals surface area contributed by atoms with Crippen LogP contribution in [-0.4, -0.2) is 30.3 Å². The molecule has 0 radical (unpaired) electrons. The predicted molar refractivity (Wildman–Crippen MR) is 117 cm³/mol. The van der Waals surface area contributed by atoms with Gasteiger partial charge in [-0.15, -0.1) is 11.3 Å². The zero-order chi connectivity index (χ0) is 20.8. The van der Waals surface area contributed by atoms with E-state index in [4.69, 9.17) is 4.74 Å². The van der Waals surface area contributed by atoms with E-state index in [9.17, 15) is 9.59 Å². The highest BCUT2D eigenvalue weighted by Gasteiger charge is 2.20. The molecular formula is C21H28N4O3S. The van der Waals surface area contributed by atoms with Crippen molar-refractivity contribution in [2.24, 2.45) is 0 Å². The standard InChI is InChI=1S/C21H28N4O3S/c1-13(2)28-21(27)24-15-9-10-16(17(11-15)25-20(26)22-3)18-12-23-19(29-18)14-7-5-4-6-8-14/h9-14H,4-8H2,1-3H3,(H,24,27)(H2,22,25,26). The molecule has 0 bridgehead atoms. The molecule has 3 amide bonds. The fourth-order valence-corrected chi connectivity index (χ4v) is 4.56. The number of anilines is 2. The monoisotopic (exact) mass is 416 g/mol. The molecule has 1 heterocycles. The van der Waals surface area contributed by atoms with Gasteiger partial charge in [0.25, 0.3) is 0 Å². The lowest BCUT2D eigenvalue weighted by molar-refractivity contribution is 0.130. The fourth-order valence-electron chi connectivity index (χ4n) is 3.44. The van der Waals surface area contributed by atoms with Gasteiger partial charge in [-0.1, -0.05) is 19.3 Å². The minimum atomic E-state index is -0.531. The van der Waals surface area contributed by atoms with Crippen LogP contribution >= 0.6 is 11.3 Å². The number of urea groups is 1. The summed E-state index contributed by atoms with van der Waals surface area (Å²) in [4.78, 5) is 29.5. The summed E-state index contributed by atoms with van der Waals surface area (Å²) in [5.74, 6) is 0.532. The number of ether oxygens (including phenoxy) is 1. The first-order valence-electron chi connectivity index (χ1n) is 10.0. The Morgan fingerprint density at radius 2 is 1.93 bits per heavy atom. The van der Waals surface area contributed by atoms with Gasteiger partial charge in [0.1, 0.15) is 0 Å². The molecule has 156 valence electrons. The van der Waals surface area contributed by atoms with Crippen molar-refractivity contribution in [3.8, 4) is 10.4 Å². The van der Waals surface area contributed by atoms with Crippen molar-refractivity contribution in [3.05, 3.63) is 29.4 Å². The molecule has 1 aromatic heterocycles. The van der Waals surface area contributed by atoms with Crippen LogP contribution in [0, 0.1) is 0 Å². The third kappa shape index (κ3) is 5.69. The maximum absolute atomic E-state index is 11.9. The molecule has 29 heavy (non-hydrogen) atoms. The number of aromatic nitrogens is 1. The number of thiazole rings is 1. The van der Waals surface area contributed by atoms with Crippen molar-refractivity contribution in [1.82, 2.24) is 10.3 Å². The van der Waals surface area contributed by atoms with Crippen molar-refractivity contribution in [2.45, 2.75) is 58.0 Å². The summed E-state index contributed by atoms with van der Waals surface area (Å²) in [6, 6.07) is 5.08. The third-order valence-electron chi connectivity index (χ3n) is 4.83. The maximum Gasteiger partial charge on any atom is 0.411 e. The van der Waals surface area contributed by atoms with E-state index in [-0.39, 0.29) is 12.1 Å². The number of carbonyl (C=O) groups excluding carboxylic acids is 2. The van der Waals surface area contributed by atoms with Gasteiger partial charge in [-0.25, -0.2) is 14.6 Å². The number of carbonyl (C=O) groups is 2. The largest absolute Gasteiger partial charge is 0.447 e. The van der Waals surface area contributed by atoms with Crippen LogP contribution in [0.2, 0.25) is 0 Å². The molecule has 2 aromatic rings. The van der Waals surface area contributed by atoms with Gasteiger partial charge in [-0.3, -0.25) is 5.32 Å². The van der Waals surface area contributed by atoms with E-state index in [0.29, 0.717) is 17.3 Å². The molecule has 0 saturated heterocycles. The van der Waals surface area contributed by atoms with Crippen molar-refractivity contribution in [1.29, 1.82) is 0 Å². The van der Waals surface area contributed by atoms with E-state index >= 15 is 0 Å². The van der Waals surface area contributed by atoms with Crippen LogP contribution in [0.15, 0.2) is 24.4 Å². The maximum atomic E-state index is 11.9. The summed E-state index contributed by atoms with van der Waals surface area (Å²) in [6.45, 7) is 3.57. The molecule has 1 aliphatic carbocycles. The summed E-state index contributed by atoms with van der Waals surface area (Å²) in [6.07, 6.45) is 7.34. The van der Waals surface area contributed by atoms with E-state index in [2.05, 4.69) is 20.9 Å². The second-order valence-electron chi connectivity index (χ2n) is 7.44. The molecule has 0 unspecified atom stereocenters. The molecule has 0 spiro atoms. The first-order chi connectivity index (χ1) is 14.0. The lowest BCUT2D eigenvalue weighted by atomic mass is 9.90. The van der Waals surface area contributed by atoms with Crippen molar-refractivity contribution < 1.29 is 14.3 Å². The molecule has 0 atom stereocenters. The van der Waals surface area contributed by atoms with Gasteiger partial charge < -0.3 is 15.4 Å². The number of nitrogens with zero attached hydrogens (tertiary/aromatic N) is 1. The Balaban J connectivity index is 1.85. The summed E-state index contributed by atoms with van der Waals surface area (Å²) in [5, 5.41) is 9.26. The molecule has 1 fully saturated rings.